The van der Waals surface area contributed by atoms with Crippen molar-refractivity contribution in [2.24, 2.45) is 4.99 Å². The summed E-state index contributed by atoms with van der Waals surface area (Å²) in [4.78, 5) is 22.6. The highest BCUT2D eigenvalue weighted by atomic mass is 127. The molecule has 1 amide bonds. The van der Waals surface area contributed by atoms with E-state index in [2.05, 4.69) is 33.1 Å². The third-order valence-electron chi connectivity index (χ3n) is 4.36. The molecule has 6 nitrogen and oxygen atoms in total. The molecule has 1 aromatic carbocycles. The zero-order valence-corrected chi connectivity index (χ0v) is 19.5. The van der Waals surface area contributed by atoms with Gasteiger partial charge in [0.2, 0.25) is 5.91 Å². The summed E-state index contributed by atoms with van der Waals surface area (Å²) < 4.78 is 0. The van der Waals surface area contributed by atoms with Crippen LogP contribution < -0.4 is 5.32 Å². The lowest BCUT2D eigenvalue weighted by Crippen LogP contribution is -2.52. The number of likely N-dealkylation sites (N-methyl/N-ethyl adjacent to an activating group) is 1. The Morgan fingerprint density at radius 1 is 1.26 bits per heavy atom. The van der Waals surface area contributed by atoms with Crippen molar-refractivity contribution < 1.29 is 4.79 Å². The summed E-state index contributed by atoms with van der Waals surface area (Å²) in [6.07, 6.45) is 1.02. The Hall–Kier alpha value is -1.06. The van der Waals surface area contributed by atoms with Gasteiger partial charge in [-0.1, -0.05) is 30.7 Å². The van der Waals surface area contributed by atoms with Gasteiger partial charge in [-0.05, 0) is 24.1 Å². The molecule has 27 heavy (non-hydrogen) atoms. The van der Waals surface area contributed by atoms with E-state index in [1.807, 2.05) is 18.2 Å². The van der Waals surface area contributed by atoms with Gasteiger partial charge in [-0.3, -0.25) is 9.69 Å². The van der Waals surface area contributed by atoms with Crippen LogP contribution in [-0.2, 0) is 11.3 Å². The van der Waals surface area contributed by atoms with Crippen molar-refractivity contribution in [3.05, 3.63) is 34.9 Å². The Labute approximate surface area is 185 Å². The molecule has 1 saturated heterocycles. The maximum Gasteiger partial charge on any atom is 0.243 e. The van der Waals surface area contributed by atoms with Crippen molar-refractivity contribution >= 4 is 47.4 Å². The average molecular weight is 508 g/mol. The Bertz CT molecular complexity index is 618. The number of guanidine groups is 1. The smallest absolute Gasteiger partial charge is 0.243 e. The third-order valence-corrected chi connectivity index (χ3v) is 4.60. The van der Waals surface area contributed by atoms with Crippen LogP contribution in [0.4, 0.5) is 0 Å². The maximum atomic E-state index is 11.8. The van der Waals surface area contributed by atoms with Gasteiger partial charge in [0, 0.05) is 58.4 Å². The van der Waals surface area contributed by atoms with Crippen molar-refractivity contribution in [3.8, 4) is 0 Å². The molecule has 0 saturated carbocycles. The second-order valence-corrected chi connectivity index (χ2v) is 7.18. The van der Waals surface area contributed by atoms with Gasteiger partial charge in [0.25, 0.3) is 0 Å². The number of carbonyl (C=O) groups is 1. The predicted molar refractivity (Wildman–Crippen MR) is 123 cm³/mol. The van der Waals surface area contributed by atoms with E-state index in [-0.39, 0.29) is 36.4 Å². The maximum absolute atomic E-state index is 11.8. The van der Waals surface area contributed by atoms with Crippen LogP contribution >= 0.6 is 35.6 Å². The zero-order valence-electron chi connectivity index (χ0n) is 16.4. The molecule has 0 aliphatic carbocycles. The number of hydrogen-bond acceptors (Lipinski definition) is 3. The van der Waals surface area contributed by atoms with Crippen LogP contribution in [0.3, 0.4) is 0 Å². The lowest BCUT2D eigenvalue weighted by Gasteiger charge is -2.36. The van der Waals surface area contributed by atoms with Crippen LogP contribution in [0.1, 0.15) is 18.9 Å². The average Bonchev–Trinajstić information content (AvgIpc) is 2.62. The minimum Gasteiger partial charge on any atom is -0.356 e. The second-order valence-electron chi connectivity index (χ2n) is 6.75. The molecule has 152 valence electrons. The normalized spacial score (nSPS) is 15.3. The number of halogens is 2. The number of nitrogens with zero attached hydrogens (tertiary/aromatic N) is 4. The first-order valence-corrected chi connectivity index (χ1v) is 9.57. The summed E-state index contributed by atoms with van der Waals surface area (Å²) in [5, 5.41) is 4.16. The molecule has 0 radical (unpaired) electrons. The SMILES string of the molecule is CCCNC(=NCC(=O)N(C)C)N1CCN(Cc2cccc(Cl)c2)CC1.I. The van der Waals surface area contributed by atoms with Crippen molar-refractivity contribution in [1.82, 2.24) is 20.0 Å². The van der Waals surface area contributed by atoms with Gasteiger partial charge in [0.15, 0.2) is 5.96 Å². The van der Waals surface area contributed by atoms with E-state index in [1.54, 1.807) is 19.0 Å². The number of nitrogens with one attached hydrogen (secondary N) is 1. The molecule has 1 aromatic rings. The lowest BCUT2D eigenvalue weighted by atomic mass is 10.2. The van der Waals surface area contributed by atoms with E-state index in [4.69, 9.17) is 11.6 Å². The number of amides is 1. The highest BCUT2D eigenvalue weighted by molar-refractivity contribution is 14.0. The molecule has 0 spiro atoms. The zero-order chi connectivity index (χ0) is 18.9. The van der Waals surface area contributed by atoms with Crippen LogP contribution in [0, 0.1) is 0 Å². The number of aliphatic imine (C=N–C) groups is 1. The van der Waals surface area contributed by atoms with E-state index in [1.165, 1.54) is 5.56 Å². The molecule has 1 N–H and O–H groups in total. The van der Waals surface area contributed by atoms with Crippen molar-refractivity contribution in [1.29, 1.82) is 0 Å². The molecule has 1 fully saturated rings. The first-order valence-electron chi connectivity index (χ1n) is 9.19. The Morgan fingerprint density at radius 2 is 1.96 bits per heavy atom. The first kappa shape index (κ1) is 24.0. The molecule has 2 rings (SSSR count). The molecular weight excluding hydrogens is 477 g/mol. The van der Waals surface area contributed by atoms with Crippen LogP contribution in [0.2, 0.25) is 5.02 Å². The highest BCUT2D eigenvalue weighted by Gasteiger charge is 2.20. The van der Waals surface area contributed by atoms with Crippen molar-refractivity contribution in [2.75, 3.05) is 53.4 Å². The fourth-order valence-electron chi connectivity index (χ4n) is 2.80. The van der Waals surface area contributed by atoms with Gasteiger partial charge in [-0.25, -0.2) is 4.99 Å². The van der Waals surface area contributed by atoms with E-state index < -0.39 is 0 Å². The minimum atomic E-state index is 0. The number of carbonyl (C=O) groups excluding carboxylic acids is 1. The van der Waals surface area contributed by atoms with Gasteiger partial charge in [-0.15, -0.1) is 24.0 Å². The van der Waals surface area contributed by atoms with Crippen LogP contribution in [0.5, 0.6) is 0 Å². The fraction of sp³-hybridized carbons (Fsp3) is 0.579. The number of piperazine rings is 1. The molecule has 1 aliphatic heterocycles. The topological polar surface area (TPSA) is 51.2 Å². The summed E-state index contributed by atoms with van der Waals surface area (Å²) >= 11 is 6.08. The molecule has 0 bridgehead atoms. The monoisotopic (exact) mass is 507 g/mol. The van der Waals surface area contributed by atoms with Gasteiger partial charge < -0.3 is 15.1 Å². The third kappa shape index (κ3) is 8.23. The summed E-state index contributed by atoms with van der Waals surface area (Å²) in [7, 11) is 3.51. The van der Waals surface area contributed by atoms with Crippen LogP contribution in [0.15, 0.2) is 29.3 Å². The van der Waals surface area contributed by atoms with Gasteiger partial charge >= 0.3 is 0 Å². The standard InChI is InChI=1S/C19H30ClN5O.HI/c1-4-8-21-19(22-14-18(26)23(2)3)25-11-9-24(10-12-25)15-16-6-5-7-17(20)13-16;/h5-7,13H,4,8-12,14-15H2,1-3H3,(H,21,22);1H. The van der Waals surface area contributed by atoms with Gasteiger partial charge in [0.05, 0.1) is 0 Å². The molecular formula is C19H31ClIN5O. The van der Waals surface area contributed by atoms with Crippen LogP contribution in [0.25, 0.3) is 0 Å². The van der Waals surface area contributed by atoms with E-state index in [9.17, 15) is 4.79 Å². The number of benzene rings is 1. The summed E-state index contributed by atoms with van der Waals surface area (Å²) in [6.45, 7) is 7.78. The molecule has 0 atom stereocenters. The lowest BCUT2D eigenvalue weighted by molar-refractivity contribution is -0.127. The largest absolute Gasteiger partial charge is 0.356 e. The molecule has 1 heterocycles. The van der Waals surface area contributed by atoms with Crippen LogP contribution in [-0.4, -0.2) is 79.9 Å². The first-order chi connectivity index (χ1) is 12.5. The number of hydrogen-bond donors (Lipinski definition) is 1. The quantitative estimate of drug-likeness (QED) is 0.365. The minimum absolute atomic E-state index is 0. The molecule has 0 unspecified atom stereocenters. The van der Waals surface area contributed by atoms with Gasteiger partial charge in [-0.2, -0.15) is 0 Å². The Morgan fingerprint density at radius 3 is 2.56 bits per heavy atom. The fourth-order valence-corrected chi connectivity index (χ4v) is 3.01. The molecule has 8 heteroatoms. The summed E-state index contributed by atoms with van der Waals surface area (Å²) in [5.41, 5.74) is 1.24. The summed E-state index contributed by atoms with van der Waals surface area (Å²) in [6, 6.07) is 8.03. The molecule has 0 aromatic heterocycles. The predicted octanol–water partition coefficient (Wildman–Crippen LogP) is 2.52. The second kappa shape index (κ2) is 12.4. The number of rotatable bonds is 6. The van der Waals surface area contributed by atoms with E-state index in [0.29, 0.717) is 0 Å². The van der Waals surface area contributed by atoms with E-state index in [0.717, 1.165) is 56.7 Å². The van der Waals surface area contributed by atoms with Crippen molar-refractivity contribution in [2.45, 2.75) is 19.9 Å². The van der Waals surface area contributed by atoms with Crippen molar-refractivity contribution in [3.63, 3.8) is 0 Å². The Balaban J connectivity index is 0.00000364. The molecule has 1 aliphatic rings. The summed E-state index contributed by atoms with van der Waals surface area (Å²) in [5.74, 6) is 0.852. The van der Waals surface area contributed by atoms with E-state index >= 15 is 0 Å². The van der Waals surface area contributed by atoms with Gasteiger partial charge in [0.1, 0.15) is 6.54 Å². The highest BCUT2D eigenvalue weighted by Crippen LogP contribution is 2.14. The Kier molecular flexibility index (Phi) is 11.0.